The zero-order chi connectivity index (χ0) is 15.2. The second-order valence-corrected chi connectivity index (χ2v) is 6.05. The molecule has 108 valence electrons. The Morgan fingerprint density at radius 1 is 1.40 bits per heavy atom. The third-order valence-electron chi connectivity index (χ3n) is 2.42. The third kappa shape index (κ3) is 4.55. The first-order valence-corrected chi connectivity index (χ1v) is 7.67. The molecule has 0 aliphatic rings. The van der Waals surface area contributed by atoms with E-state index in [2.05, 4.69) is 4.74 Å². The van der Waals surface area contributed by atoms with Gasteiger partial charge >= 0.3 is 5.97 Å². The largest absolute Gasteiger partial charge is 0.495 e. The van der Waals surface area contributed by atoms with Crippen molar-refractivity contribution in [2.45, 2.75) is 12.7 Å². The van der Waals surface area contributed by atoms with Crippen molar-refractivity contribution >= 4 is 15.8 Å². The van der Waals surface area contributed by atoms with Gasteiger partial charge in [-0.15, -0.1) is 0 Å². The van der Waals surface area contributed by atoms with Gasteiger partial charge in [0.25, 0.3) is 0 Å². The number of esters is 1. The third-order valence-corrected chi connectivity index (χ3v) is 3.86. The van der Waals surface area contributed by atoms with Gasteiger partial charge in [-0.2, -0.15) is 5.26 Å². The van der Waals surface area contributed by atoms with Gasteiger partial charge in [0.15, 0.2) is 9.84 Å². The number of hydrogen-bond acceptors (Lipinski definition) is 6. The number of nitrogens with zero attached hydrogens (tertiary/aromatic N) is 1. The van der Waals surface area contributed by atoms with E-state index in [0.717, 1.165) is 0 Å². The lowest BCUT2D eigenvalue weighted by molar-refractivity contribution is -0.139. The van der Waals surface area contributed by atoms with Crippen LogP contribution in [0.1, 0.15) is 18.1 Å². The summed E-state index contributed by atoms with van der Waals surface area (Å²) < 4.78 is 33.3. The summed E-state index contributed by atoms with van der Waals surface area (Å²) in [6.45, 7) is 1.75. The summed E-state index contributed by atoms with van der Waals surface area (Å²) in [6, 6.07) is 6.41. The highest BCUT2D eigenvalue weighted by Crippen LogP contribution is 2.20. The van der Waals surface area contributed by atoms with Crippen LogP contribution in [0.5, 0.6) is 5.75 Å². The molecule has 7 heteroatoms. The van der Waals surface area contributed by atoms with Crippen molar-refractivity contribution in [1.29, 1.82) is 5.26 Å². The van der Waals surface area contributed by atoms with Crippen molar-refractivity contribution in [2.75, 3.05) is 19.5 Å². The highest BCUT2D eigenvalue weighted by molar-refractivity contribution is 7.91. The number of sulfone groups is 1. The Hall–Kier alpha value is -2.07. The van der Waals surface area contributed by atoms with E-state index in [1.807, 2.05) is 6.07 Å². The summed E-state index contributed by atoms with van der Waals surface area (Å²) in [7, 11) is -2.22. The second kappa shape index (κ2) is 6.91. The molecule has 0 aliphatic carbocycles. The molecule has 0 fully saturated rings. The van der Waals surface area contributed by atoms with Crippen LogP contribution in [-0.4, -0.2) is 33.9 Å². The van der Waals surface area contributed by atoms with E-state index in [4.69, 9.17) is 10.00 Å². The topological polar surface area (TPSA) is 93.5 Å². The standard InChI is InChI=1S/C13H15NO5S/c1-3-19-13(15)9-20(16,17)8-10-4-5-11(7-14)12(6-10)18-2/h4-6H,3,8-9H2,1-2H3. The maximum absolute atomic E-state index is 11.8. The number of benzene rings is 1. The molecule has 0 spiro atoms. The molecule has 0 aromatic heterocycles. The Labute approximate surface area is 117 Å². The van der Waals surface area contributed by atoms with Crippen LogP contribution in [0.2, 0.25) is 0 Å². The van der Waals surface area contributed by atoms with Gasteiger partial charge in [0.05, 0.1) is 25.0 Å². The first-order chi connectivity index (χ1) is 9.41. The molecule has 0 saturated heterocycles. The van der Waals surface area contributed by atoms with Crippen molar-refractivity contribution < 1.29 is 22.7 Å². The Morgan fingerprint density at radius 3 is 2.65 bits per heavy atom. The van der Waals surface area contributed by atoms with E-state index in [9.17, 15) is 13.2 Å². The van der Waals surface area contributed by atoms with Gasteiger partial charge in [-0.1, -0.05) is 6.07 Å². The maximum Gasteiger partial charge on any atom is 0.321 e. The highest BCUT2D eigenvalue weighted by Gasteiger charge is 2.19. The summed E-state index contributed by atoms with van der Waals surface area (Å²) in [4.78, 5) is 11.2. The fourth-order valence-corrected chi connectivity index (χ4v) is 2.84. The smallest absolute Gasteiger partial charge is 0.321 e. The lowest BCUT2D eigenvalue weighted by atomic mass is 10.1. The molecule has 0 N–H and O–H groups in total. The van der Waals surface area contributed by atoms with Crippen LogP contribution in [0, 0.1) is 11.3 Å². The second-order valence-electron chi connectivity index (χ2n) is 3.98. The van der Waals surface area contributed by atoms with Gasteiger partial charge in [0, 0.05) is 0 Å². The van der Waals surface area contributed by atoms with E-state index in [1.165, 1.54) is 25.3 Å². The van der Waals surface area contributed by atoms with Crippen LogP contribution in [0.15, 0.2) is 18.2 Å². The molecule has 0 radical (unpaired) electrons. The van der Waals surface area contributed by atoms with Crippen LogP contribution in [0.4, 0.5) is 0 Å². The average Bonchev–Trinajstić information content (AvgIpc) is 2.37. The van der Waals surface area contributed by atoms with Gasteiger partial charge in [-0.3, -0.25) is 4.79 Å². The molecule has 6 nitrogen and oxygen atoms in total. The minimum atomic E-state index is -3.61. The zero-order valence-electron chi connectivity index (χ0n) is 11.3. The van der Waals surface area contributed by atoms with Gasteiger partial charge in [-0.25, -0.2) is 8.42 Å². The van der Waals surface area contributed by atoms with Crippen molar-refractivity contribution in [1.82, 2.24) is 0 Å². The summed E-state index contributed by atoms with van der Waals surface area (Å²) in [5, 5.41) is 8.84. The Bertz CT molecular complexity index is 631. The van der Waals surface area contributed by atoms with Crippen molar-refractivity contribution in [3.63, 3.8) is 0 Å². The molecule has 20 heavy (non-hydrogen) atoms. The van der Waals surface area contributed by atoms with Crippen LogP contribution >= 0.6 is 0 Å². The minimum absolute atomic E-state index is 0.138. The van der Waals surface area contributed by atoms with Gasteiger partial charge in [-0.05, 0) is 24.6 Å². The van der Waals surface area contributed by atoms with Crippen molar-refractivity contribution in [3.05, 3.63) is 29.3 Å². The first-order valence-electron chi connectivity index (χ1n) is 5.85. The number of carbonyl (C=O) groups is 1. The molecule has 0 unspecified atom stereocenters. The Balaban J connectivity index is 2.88. The fourth-order valence-electron chi connectivity index (χ4n) is 1.60. The highest BCUT2D eigenvalue weighted by atomic mass is 32.2. The molecular formula is C13H15NO5S. The van der Waals surface area contributed by atoms with E-state index < -0.39 is 21.6 Å². The lowest BCUT2D eigenvalue weighted by Crippen LogP contribution is -2.20. The molecule has 1 rings (SSSR count). The Morgan fingerprint density at radius 2 is 2.10 bits per heavy atom. The molecule has 0 saturated carbocycles. The number of nitriles is 1. The Kier molecular flexibility index (Phi) is 5.53. The summed E-state index contributed by atoms with van der Waals surface area (Å²) in [5.74, 6) is -1.44. The normalized spacial score (nSPS) is 10.7. The van der Waals surface area contributed by atoms with Gasteiger partial charge in [0.1, 0.15) is 17.6 Å². The van der Waals surface area contributed by atoms with Gasteiger partial charge in [0.2, 0.25) is 0 Å². The SMILES string of the molecule is CCOC(=O)CS(=O)(=O)Cc1ccc(C#N)c(OC)c1. The molecule has 0 atom stereocenters. The maximum atomic E-state index is 11.8. The monoisotopic (exact) mass is 297 g/mol. The minimum Gasteiger partial charge on any atom is -0.495 e. The molecule has 0 heterocycles. The van der Waals surface area contributed by atoms with E-state index >= 15 is 0 Å². The predicted octanol–water partition coefficient (Wildman–Crippen LogP) is 1.04. The van der Waals surface area contributed by atoms with Crippen LogP contribution in [0.25, 0.3) is 0 Å². The number of carbonyl (C=O) groups excluding carboxylic acids is 1. The molecule has 1 aromatic rings. The van der Waals surface area contributed by atoms with E-state index in [0.29, 0.717) is 16.9 Å². The first kappa shape index (κ1) is 16.0. The summed E-state index contributed by atoms with van der Waals surface area (Å²) in [6.07, 6.45) is 0. The van der Waals surface area contributed by atoms with E-state index in [1.54, 1.807) is 6.92 Å². The number of rotatable bonds is 6. The van der Waals surface area contributed by atoms with E-state index in [-0.39, 0.29) is 12.4 Å². The molecule has 0 amide bonds. The number of ether oxygens (including phenoxy) is 2. The number of hydrogen-bond donors (Lipinski definition) is 0. The number of methoxy groups -OCH3 is 1. The average molecular weight is 297 g/mol. The molecule has 1 aromatic carbocycles. The van der Waals surface area contributed by atoms with Crippen LogP contribution in [-0.2, 0) is 25.1 Å². The molecule has 0 aliphatic heterocycles. The van der Waals surface area contributed by atoms with Crippen LogP contribution < -0.4 is 4.74 Å². The van der Waals surface area contributed by atoms with Crippen LogP contribution in [0.3, 0.4) is 0 Å². The quantitative estimate of drug-likeness (QED) is 0.728. The van der Waals surface area contributed by atoms with Crippen molar-refractivity contribution in [3.8, 4) is 11.8 Å². The summed E-state index contributed by atoms with van der Waals surface area (Å²) >= 11 is 0. The summed E-state index contributed by atoms with van der Waals surface area (Å²) in [5.41, 5.74) is 0.768. The lowest BCUT2D eigenvalue weighted by Gasteiger charge is -2.07. The van der Waals surface area contributed by atoms with Gasteiger partial charge < -0.3 is 9.47 Å². The predicted molar refractivity (Wildman–Crippen MR) is 71.8 cm³/mol. The van der Waals surface area contributed by atoms with Crippen molar-refractivity contribution in [2.24, 2.45) is 0 Å². The fraction of sp³-hybridized carbons (Fsp3) is 0.385. The molecular weight excluding hydrogens is 282 g/mol. The zero-order valence-corrected chi connectivity index (χ0v) is 12.1. The molecule has 0 bridgehead atoms.